The van der Waals surface area contributed by atoms with E-state index in [2.05, 4.69) is 6.07 Å². The molecule has 0 aromatic heterocycles. The zero-order valence-corrected chi connectivity index (χ0v) is 8.75. The van der Waals surface area contributed by atoms with Gasteiger partial charge in [-0.05, 0) is 23.9 Å². The fourth-order valence-corrected chi connectivity index (χ4v) is 1.93. The molecule has 2 rings (SSSR count). The van der Waals surface area contributed by atoms with E-state index in [1.165, 1.54) is 0 Å². The summed E-state index contributed by atoms with van der Waals surface area (Å²) < 4.78 is 0. The van der Waals surface area contributed by atoms with Crippen molar-refractivity contribution in [2.45, 2.75) is 13.0 Å². The molecule has 0 heterocycles. The van der Waals surface area contributed by atoms with Crippen molar-refractivity contribution in [2.24, 2.45) is 5.73 Å². The Morgan fingerprint density at radius 2 is 1.71 bits per heavy atom. The van der Waals surface area contributed by atoms with Gasteiger partial charge in [-0.3, -0.25) is 0 Å². The summed E-state index contributed by atoms with van der Waals surface area (Å²) in [7, 11) is 0. The topological polar surface area (TPSA) is 26.0 Å². The molecule has 0 fully saturated rings. The molecule has 1 atom stereocenters. The normalized spacial score (nSPS) is 13.1. The molecule has 14 heavy (non-hydrogen) atoms. The molecular weight excluding hydrogens is 194 g/mol. The number of hydrogen-bond donors (Lipinski definition) is 1. The van der Waals surface area contributed by atoms with E-state index in [1.54, 1.807) is 0 Å². The molecule has 0 bridgehead atoms. The lowest BCUT2D eigenvalue weighted by Gasteiger charge is -2.10. The van der Waals surface area contributed by atoms with Gasteiger partial charge in [0.15, 0.2) is 0 Å². The van der Waals surface area contributed by atoms with Gasteiger partial charge in [0.25, 0.3) is 0 Å². The van der Waals surface area contributed by atoms with Crippen LogP contribution in [0.4, 0.5) is 0 Å². The fourth-order valence-electron chi connectivity index (χ4n) is 1.69. The molecule has 2 heteroatoms. The average molecular weight is 206 g/mol. The molecule has 72 valence electrons. The van der Waals surface area contributed by atoms with E-state index < -0.39 is 0 Å². The molecular formula is C12H12ClN. The molecule has 2 aromatic rings. The highest BCUT2D eigenvalue weighted by Crippen LogP contribution is 2.28. The van der Waals surface area contributed by atoms with Crippen LogP contribution in [0, 0.1) is 0 Å². The van der Waals surface area contributed by atoms with E-state index >= 15 is 0 Å². The van der Waals surface area contributed by atoms with Crippen LogP contribution in [0.5, 0.6) is 0 Å². The monoisotopic (exact) mass is 205 g/mol. The predicted octanol–water partition coefficient (Wildman–Crippen LogP) is 3.51. The first-order chi connectivity index (χ1) is 6.70. The second kappa shape index (κ2) is 3.60. The van der Waals surface area contributed by atoms with E-state index in [0.29, 0.717) is 0 Å². The van der Waals surface area contributed by atoms with Crippen molar-refractivity contribution >= 4 is 22.4 Å². The van der Waals surface area contributed by atoms with Gasteiger partial charge in [-0.1, -0.05) is 41.9 Å². The second-order valence-electron chi connectivity index (χ2n) is 3.47. The Balaban J connectivity index is 2.81. The minimum atomic E-state index is 0.0390. The highest BCUT2D eigenvalue weighted by atomic mass is 35.5. The smallest absolute Gasteiger partial charge is 0.0484 e. The molecule has 2 N–H and O–H groups in total. The van der Waals surface area contributed by atoms with Gasteiger partial charge in [0.1, 0.15) is 0 Å². The Hall–Kier alpha value is -1.05. The molecule has 1 nitrogen and oxygen atoms in total. The SMILES string of the molecule is C[C@@H](N)c1cccc2c(Cl)cccc12. The van der Waals surface area contributed by atoms with Gasteiger partial charge in [0.05, 0.1) is 0 Å². The number of benzene rings is 2. The molecule has 0 saturated heterocycles. The third-order valence-electron chi connectivity index (χ3n) is 2.39. The number of rotatable bonds is 1. The minimum absolute atomic E-state index is 0.0390. The van der Waals surface area contributed by atoms with Crippen molar-refractivity contribution in [1.82, 2.24) is 0 Å². The van der Waals surface area contributed by atoms with Crippen LogP contribution < -0.4 is 5.73 Å². The molecule has 0 radical (unpaired) electrons. The quantitative estimate of drug-likeness (QED) is 0.758. The maximum absolute atomic E-state index is 6.09. The van der Waals surface area contributed by atoms with Crippen molar-refractivity contribution in [3.05, 3.63) is 47.0 Å². The van der Waals surface area contributed by atoms with Crippen molar-refractivity contribution in [1.29, 1.82) is 0 Å². The molecule has 0 aliphatic carbocycles. The number of halogens is 1. The standard InChI is InChI=1S/C12H12ClN/c1-8(14)9-4-2-6-11-10(9)5-3-7-12(11)13/h2-8H,14H2,1H3/t8-/m1/s1. The molecule has 0 amide bonds. The molecule has 0 aliphatic heterocycles. The first-order valence-electron chi connectivity index (χ1n) is 4.63. The summed E-state index contributed by atoms with van der Waals surface area (Å²) in [6.07, 6.45) is 0. The molecule has 0 unspecified atom stereocenters. The van der Waals surface area contributed by atoms with Crippen LogP contribution >= 0.6 is 11.6 Å². The zero-order valence-electron chi connectivity index (χ0n) is 8.00. The Kier molecular flexibility index (Phi) is 2.44. The zero-order chi connectivity index (χ0) is 10.1. The summed E-state index contributed by atoms with van der Waals surface area (Å²) in [6, 6.07) is 12.0. The first-order valence-corrected chi connectivity index (χ1v) is 5.00. The third-order valence-corrected chi connectivity index (χ3v) is 2.72. The largest absolute Gasteiger partial charge is 0.324 e. The summed E-state index contributed by atoms with van der Waals surface area (Å²) in [4.78, 5) is 0. The summed E-state index contributed by atoms with van der Waals surface area (Å²) in [6.45, 7) is 1.98. The van der Waals surface area contributed by atoms with E-state index in [9.17, 15) is 0 Å². The van der Waals surface area contributed by atoms with E-state index in [0.717, 1.165) is 21.4 Å². The van der Waals surface area contributed by atoms with Gasteiger partial charge >= 0.3 is 0 Å². The Morgan fingerprint density at radius 1 is 1.07 bits per heavy atom. The van der Waals surface area contributed by atoms with Crippen LogP contribution in [0.25, 0.3) is 10.8 Å². The Labute approximate surface area is 88.5 Å². The van der Waals surface area contributed by atoms with Crippen LogP contribution in [0.3, 0.4) is 0 Å². The highest BCUT2D eigenvalue weighted by Gasteiger charge is 2.05. The average Bonchev–Trinajstić information content (AvgIpc) is 2.17. The maximum atomic E-state index is 6.09. The van der Waals surface area contributed by atoms with Gasteiger partial charge in [0.2, 0.25) is 0 Å². The lowest BCUT2D eigenvalue weighted by Crippen LogP contribution is -2.05. The van der Waals surface area contributed by atoms with E-state index in [4.69, 9.17) is 17.3 Å². The Morgan fingerprint density at radius 3 is 2.43 bits per heavy atom. The number of hydrogen-bond acceptors (Lipinski definition) is 1. The van der Waals surface area contributed by atoms with Crippen LogP contribution in [0.2, 0.25) is 5.02 Å². The second-order valence-corrected chi connectivity index (χ2v) is 3.88. The minimum Gasteiger partial charge on any atom is -0.324 e. The van der Waals surface area contributed by atoms with Gasteiger partial charge in [0, 0.05) is 16.5 Å². The van der Waals surface area contributed by atoms with Crippen LogP contribution in [-0.2, 0) is 0 Å². The number of nitrogens with two attached hydrogens (primary N) is 1. The Bertz CT molecular complexity index is 463. The van der Waals surface area contributed by atoms with Gasteiger partial charge in [-0.15, -0.1) is 0 Å². The van der Waals surface area contributed by atoms with E-state index in [-0.39, 0.29) is 6.04 Å². The van der Waals surface area contributed by atoms with Crippen molar-refractivity contribution < 1.29 is 0 Å². The van der Waals surface area contributed by atoms with Crippen molar-refractivity contribution in [3.8, 4) is 0 Å². The summed E-state index contributed by atoms with van der Waals surface area (Å²) in [5, 5.41) is 3.00. The van der Waals surface area contributed by atoms with E-state index in [1.807, 2.05) is 37.3 Å². The summed E-state index contributed by atoms with van der Waals surface area (Å²) >= 11 is 6.09. The van der Waals surface area contributed by atoms with Crippen molar-refractivity contribution in [2.75, 3.05) is 0 Å². The van der Waals surface area contributed by atoms with Crippen molar-refractivity contribution in [3.63, 3.8) is 0 Å². The third kappa shape index (κ3) is 1.49. The number of fused-ring (bicyclic) bond motifs is 1. The fraction of sp³-hybridized carbons (Fsp3) is 0.167. The first kappa shape index (κ1) is 9.50. The van der Waals surface area contributed by atoms with Gasteiger partial charge in [-0.2, -0.15) is 0 Å². The lowest BCUT2D eigenvalue weighted by atomic mass is 10.0. The molecule has 0 spiro atoms. The molecule has 0 saturated carbocycles. The van der Waals surface area contributed by atoms with Gasteiger partial charge < -0.3 is 5.73 Å². The lowest BCUT2D eigenvalue weighted by molar-refractivity contribution is 0.827. The summed E-state index contributed by atoms with van der Waals surface area (Å²) in [5.74, 6) is 0. The molecule has 2 aromatic carbocycles. The van der Waals surface area contributed by atoms with Crippen LogP contribution in [0.1, 0.15) is 18.5 Å². The molecule has 0 aliphatic rings. The highest BCUT2D eigenvalue weighted by molar-refractivity contribution is 6.35. The maximum Gasteiger partial charge on any atom is 0.0484 e. The van der Waals surface area contributed by atoms with Gasteiger partial charge in [-0.25, -0.2) is 0 Å². The summed E-state index contributed by atoms with van der Waals surface area (Å²) in [5.41, 5.74) is 7.03. The van der Waals surface area contributed by atoms with Crippen LogP contribution in [-0.4, -0.2) is 0 Å². The van der Waals surface area contributed by atoms with Crippen LogP contribution in [0.15, 0.2) is 36.4 Å². The predicted molar refractivity (Wildman–Crippen MR) is 61.6 cm³/mol.